The van der Waals surface area contributed by atoms with E-state index in [9.17, 15) is 22.4 Å². The summed E-state index contributed by atoms with van der Waals surface area (Å²) >= 11 is 0. The van der Waals surface area contributed by atoms with Crippen molar-refractivity contribution in [3.05, 3.63) is 72.2 Å². The summed E-state index contributed by atoms with van der Waals surface area (Å²) in [5.41, 5.74) is 1.23. The van der Waals surface area contributed by atoms with Crippen molar-refractivity contribution in [3.63, 3.8) is 0 Å². The molecule has 1 saturated heterocycles. The van der Waals surface area contributed by atoms with Crippen LogP contribution in [0, 0.1) is 11.7 Å². The van der Waals surface area contributed by atoms with Crippen LogP contribution >= 0.6 is 0 Å². The van der Waals surface area contributed by atoms with Gasteiger partial charge < -0.3 is 25.1 Å². The second-order valence-electron chi connectivity index (χ2n) is 11.8. The number of nitrogens with zero attached hydrogens (tertiary/aromatic N) is 1. The number of anilines is 1. The molecule has 5 rings (SSSR count). The van der Waals surface area contributed by atoms with Crippen molar-refractivity contribution >= 4 is 27.5 Å². The van der Waals surface area contributed by atoms with Crippen LogP contribution in [0.15, 0.2) is 70.0 Å². The van der Waals surface area contributed by atoms with Gasteiger partial charge in [-0.05, 0) is 67.8 Å². The molecule has 10 nitrogen and oxygen atoms in total. The molecule has 0 bridgehead atoms. The number of halogens is 1. The lowest BCUT2D eigenvalue weighted by atomic mass is 9.84. The maximum atomic E-state index is 13.7. The number of ether oxygens (including phenoxy) is 1. The van der Waals surface area contributed by atoms with E-state index in [1.165, 1.54) is 28.9 Å². The minimum Gasteiger partial charge on any atom is -0.451 e. The predicted octanol–water partition coefficient (Wildman–Crippen LogP) is 4.79. The van der Waals surface area contributed by atoms with Gasteiger partial charge >= 0.3 is 0 Å². The molecule has 1 aliphatic carbocycles. The van der Waals surface area contributed by atoms with E-state index < -0.39 is 27.8 Å². The first-order chi connectivity index (χ1) is 21.7. The molecule has 2 aromatic carbocycles. The van der Waals surface area contributed by atoms with Gasteiger partial charge in [0.25, 0.3) is 5.91 Å². The highest BCUT2D eigenvalue weighted by Gasteiger charge is 2.29. The molecule has 0 spiro atoms. The van der Waals surface area contributed by atoms with Crippen LogP contribution in [-0.4, -0.2) is 69.5 Å². The summed E-state index contributed by atoms with van der Waals surface area (Å²) < 4.78 is 51.9. The van der Waals surface area contributed by atoms with Gasteiger partial charge in [0.2, 0.25) is 15.9 Å². The molecule has 0 radical (unpaired) electrons. The van der Waals surface area contributed by atoms with E-state index in [-0.39, 0.29) is 22.6 Å². The molecular formula is C33H41FN4O6S. The topological polar surface area (TPSA) is 130 Å². The monoisotopic (exact) mass is 640 g/mol. The number of hydrogen-bond acceptors (Lipinski definition) is 7. The van der Waals surface area contributed by atoms with Gasteiger partial charge in [-0.25, -0.2) is 12.8 Å². The summed E-state index contributed by atoms with van der Waals surface area (Å²) in [6.07, 6.45) is 5.94. The van der Waals surface area contributed by atoms with Crippen LogP contribution in [0.4, 0.5) is 10.1 Å². The van der Waals surface area contributed by atoms with E-state index in [0.717, 1.165) is 31.4 Å². The van der Waals surface area contributed by atoms with Crippen LogP contribution in [0.2, 0.25) is 0 Å². The van der Waals surface area contributed by atoms with Crippen molar-refractivity contribution in [1.29, 1.82) is 0 Å². The molecule has 3 aromatic rings. The molecule has 45 heavy (non-hydrogen) atoms. The fourth-order valence-electron chi connectivity index (χ4n) is 5.82. The van der Waals surface area contributed by atoms with Gasteiger partial charge in [0, 0.05) is 36.9 Å². The van der Waals surface area contributed by atoms with Gasteiger partial charge in [-0.15, -0.1) is 0 Å². The number of sulfonamides is 1. The van der Waals surface area contributed by atoms with E-state index in [1.54, 1.807) is 42.5 Å². The number of benzene rings is 2. The van der Waals surface area contributed by atoms with Crippen molar-refractivity contribution in [1.82, 2.24) is 14.9 Å². The number of morpholine rings is 1. The lowest BCUT2D eigenvalue weighted by Crippen LogP contribution is -2.51. The van der Waals surface area contributed by atoms with Crippen LogP contribution in [0.25, 0.3) is 11.3 Å². The number of furan rings is 1. The first-order valence-corrected chi connectivity index (χ1v) is 17.0. The zero-order chi connectivity index (χ0) is 31.8. The highest BCUT2D eigenvalue weighted by Crippen LogP contribution is 2.28. The van der Waals surface area contributed by atoms with Crippen LogP contribution in [-0.2, 0) is 19.6 Å². The number of hydrogen-bond donors (Lipinski definition) is 3. The lowest BCUT2D eigenvalue weighted by molar-refractivity contribution is -0.124. The zero-order valence-electron chi connectivity index (χ0n) is 25.5. The van der Waals surface area contributed by atoms with Crippen molar-refractivity contribution in [2.45, 2.75) is 62.4 Å². The van der Waals surface area contributed by atoms with Gasteiger partial charge in [-0.2, -0.15) is 4.31 Å². The molecule has 242 valence electrons. The Hall–Kier alpha value is -3.74. The minimum atomic E-state index is -3.58. The summed E-state index contributed by atoms with van der Waals surface area (Å²) in [6.45, 7) is 3.68. The van der Waals surface area contributed by atoms with E-state index in [0.29, 0.717) is 56.5 Å². The third-order valence-electron chi connectivity index (χ3n) is 8.32. The Morgan fingerprint density at radius 1 is 0.978 bits per heavy atom. The molecule has 1 saturated carbocycles. The first kappa shape index (κ1) is 32.6. The quantitative estimate of drug-likeness (QED) is 0.260. The Morgan fingerprint density at radius 3 is 2.42 bits per heavy atom. The Morgan fingerprint density at radius 2 is 1.71 bits per heavy atom. The molecule has 2 amide bonds. The summed E-state index contributed by atoms with van der Waals surface area (Å²) in [6, 6.07) is 14.6. The lowest BCUT2D eigenvalue weighted by Gasteiger charge is -2.27. The predicted molar refractivity (Wildman–Crippen MR) is 169 cm³/mol. The van der Waals surface area contributed by atoms with Gasteiger partial charge in [0.05, 0.1) is 18.1 Å². The van der Waals surface area contributed by atoms with Crippen LogP contribution in [0.5, 0.6) is 0 Å². The second-order valence-corrected chi connectivity index (χ2v) is 13.7. The fourth-order valence-corrected chi connectivity index (χ4v) is 7.23. The maximum Gasteiger partial charge on any atom is 0.287 e. The number of carbonyl (C=O) groups is 2. The summed E-state index contributed by atoms with van der Waals surface area (Å²) in [4.78, 5) is 26.9. The molecule has 2 aliphatic rings. The third kappa shape index (κ3) is 8.71. The second kappa shape index (κ2) is 15.0. The van der Waals surface area contributed by atoms with Crippen molar-refractivity contribution in [3.8, 4) is 11.3 Å². The Kier molecular flexibility index (Phi) is 10.9. The Bertz CT molecular complexity index is 1550. The molecular weight excluding hydrogens is 599 g/mol. The molecule has 2 heterocycles. The summed E-state index contributed by atoms with van der Waals surface area (Å²) in [7, 11) is -3.58. The van der Waals surface area contributed by atoms with Crippen molar-refractivity contribution in [2.24, 2.45) is 5.92 Å². The fraction of sp³-hybridized carbons (Fsp3) is 0.455. The van der Waals surface area contributed by atoms with Gasteiger partial charge in [-0.1, -0.05) is 44.2 Å². The number of nitrogens with one attached hydrogen (secondary N) is 3. The van der Waals surface area contributed by atoms with Crippen LogP contribution in [0.1, 0.15) is 56.0 Å². The maximum absolute atomic E-state index is 13.7. The van der Waals surface area contributed by atoms with Crippen molar-refractivity contribution < 1.29 is 31.6 Å². The van der Waals surface area contributed by atoms with E-state index >= 15 is 0 Å². The molecule has 0 unspecified atom stereocenters. The molecule has 2 atom stereocenters. The SMILES string of the molecule is C[C@@H](CNc1ccc(S(=O)(=O)N2CCOCC2)cc1)NC(=O)[C@H](CC1CCCCC1)NC(=O)c1ccc(-c2cccc(F)c2)o1. The average Bonchev–Trinajstić information content (AvgIpc) is 3.55. The smallest absolute Gasteiger partial charge is 0.287 e. The van der Waals surface area contributed by atoms with Crippen LogP contribution < -0.4 is 16.0 Å². The average molecular weight is 641 g/mol. The highest BCUT2D eigenvalue weighted by atomic mass is 32.2. The van der Waals surface area contributed by atoms with E-state index in [4.69, 9.17) is 9.15 Å². The van der Waals surface area contributed by atoms with Gasteiger partial charge in [0.15, 0.2) is 5.76 Å². The molecule has 3 N–H and O–H groups in total. The number of carbonyl (C=O) groups excluding carboxylic acids is 2. The molecule has 1 aliphatic heterocycles. The molecule has 1 aromatic heterocycles. The minimum absolute atomic E-state index is 0.0458. The third-order valence-corrected chi connectivity index (χ3v) is 10.2. The van der Waals surface area contributed by atoms with Gasteiger partial charge in [-0.3, -0.25) is 9.59 Å². The molecule has 2 fully saturated rings. The Balaban J connectivity index is 1.18. The van der Waals surface area contributed by atoms with E-state index in [2.05, 4.69) is 16.0 Å². The Labute approximate surface area is 263 Å². The van der Waals surface area contributed by atoms with Crippen molar-refractivity contribution in [2.75, 3.05) is 38.2 Å². The summed E-state index contributed by atoms with van der Waals surface area (Å²) in [5, 5.41) is 9.13. The van der Waals surface area contributed by atoms with Gasteiger partial charge in [0.1, 0.15) is 17.6 Å². The number of rotatable bonds is 12. The first-order valence-electron chi connectivity index (χ1n) is 15.6. The van der Waals surface area contributed by atoms with Crippen LogP contribution in [0.3, 0.4) is 0 Å². The van der Waals surface area contributed by atoms with E-state index in [1.807, 2.05) is 6.92 Å². The zero-order valence-corrected chi connectivity index (χ0v) is 26.3. The summed E-state index contributed by atoms with van der Waals surface area (Å²) in [5.74, 6) is -0.464. The normalized spacial score (nSPS) is 17.7. The standard InChI is InChI=1S/C33H41FN4O6S/c1-23(22-35-27-10-12-28(13-11-27)45(41,42)38-16-18-43-19-17-38)36-32(39)29(20-24-6-3-2-4-7-24)37-33(40)31-15-14-30(44-31)25-8-5-9-26(34)21-25/h5,8-15,21,23-24,29,35H,2-4,6-7,16-20,22H2,1H3,(H,36,39)(H,37,40)/t23-,29-/m0/s1. The highest BCUT2D eigenvalue weighted by molar-refractivity contribution is 7.89. The number of amides is 2. The molecule has 12 heteroatoms. The largest absolute Gasteiger partial charge is 0.451 e.